The van der Waals surface area contributed by atoms with Crippen molar-refractivity contribution < 1.29 is 9.13 Å². The summed E-state index contributed by atoms with van der Waals surface area (Å²) >= 11 is 5.74. The van der Waals surface area contributed by atoms with E-state index >= 15 is 0 Å². The van der Waals surface area contributed by atoms with Crippen molar-refractivity contribution in [1.29, 1.82) is 0 Å². The minimum atomic E-state index is -0.197. The van der Waals surface area contributed by atoms with Gasteiger partial charge in [-0.15, -0.1) is 0 Å². The van der Waals surface area contributed by atoms with Crippen LogP contribution in [0.3, 0.4) is 0 Å². The van der Waals surface area contributed by atoms with Crippen LogP contribution in [-0.4, -0.2) is 61.0 Å². The molecule has 5 rings (SSSR count). The van der Waals surface area contributed by atoms with E-state index in [9.17, 15) is 4.39 Å². The molecule has 1 aliphatic carbocycles. The van der Waals surface area contributed by atoms with Crippen molar-refractivity contribution in [2.45, 2.75) is 63.2 Å². The molecule has 0 spiro atoms. The van der Waals surface area contributed by atoms with Gasteiger partial charge in [0.1, 0.15) is 17.5 Å². The molecule has 200 valence electrons. The van der Waals surface area contributed by atoms with Gasteiger partial charge in [-0.05, 0) is 55.6 Å². The Hall–Kier alpha value is -2.52. The number of rotatable bonds is 6. The molecule has 2 aliphatic heterocycles. The third-order valence-corrected chi connectivity index (χ3v) is 8.29. The van der Waals surface area contributed by atoms with Crippen LogP contribution in [0.15, 0.2) is 30.3 Å². The van der Waals surface area contributed by atoms with Gasteiger partial charge in [0.2, 0.25) is 5.95 Å². The zero-order valence-corrected chi connectivity index (χ0v) is 22.5. The Labute approximate surface area is 225 Å². The summed E-state index contributed by atoms with van der Waals surface area (Å²) in [5.74, 6) is 2.20. The molecule has 3 heterocycles. The van der Waals surface area contributed by atoms with Crippen LogP contribution in [0.4, 0.5) is 22.0 Å². The molecule has 1 aromatic carbocycles. The third kappa shape index (κ3) is 6.68. The van der Waals surface area contributed by atoms with Crippen molar-refractivity contribution in [2.75, 3.05) is 61.1 Å². The van der Waals surface area contributed by atoms with Gasteiger partial charge in [0.15, 0.2) is 5.11 Å². The number of nitrogens with zero attached hydrogens (tertiary/aromatic N) is 4. The summed E-state index contributed by atoms with van der Waals surface area (Å²) < 4.78 is 19.2. The molecule has 0 atom stereocenters. The van der Waals surface area contributed by atoms with E-state index in [4.69, 9.17) is 26.9 Å². The van der Waals surface area contributed by atoms with E-state index in [1.807, 2.05) is 12.1 Å². The highest BCUT2D eigenvalue weighted by molar-refractivity contribution is 7.80. The highest BCUT2D eigenvalue weighted by Gasteiger charge is 2.34. The van der Waals surface area contributed by atoms with Gasteiger partial charge < -0.3 is 25.2 Å². The fourth-order valence-electron chi connectivity index (χ4n) is 5.89. The van der Waals surface area contributed by atoms with Crippen LogP contribution in [0.25, 0.3) is 0 Å². The van der Waals surface area contributed by atoms with E-state index in [1.54, 1.807) is 12.1 Å². The Morgan fingerprint density at radius 2 is 1.46 bits per heavy atom. The van der Waals surface area contributed by atoms with Crippen molar-refractivity contribution in [3.05, 3.63) is 41.7 Å². The predicted octanol–water partition coefficient (Wildman–Crippen LogP) is 5.02. The number of nitrogens with one attached hydrogen (secondary N) is 2. The summed E-state index contributed by atoms with van der Waals surface area (Å²) in [6.45, 7) is 5.78. The van der Waals surface area contributed by atoms with Crippen molar-refractivity contribution in [1.82, 2.24) is 15.3 Å². The Balaban J connectivity index is 1.32. The van der Waals surface area contributed by atoms with E-state index in [2.05, 4.69) is 26.5 Å². The lowest BCUT2D eigenvalue weighted by molar-refractivity contribution is 0.122. The first-order valence-electron chi connectivity index (χ1n) is 13.9. The number of benzene rings is 1. The lowest BCUT2D eigenvalue weighted by Crippen LogP contribution is -2.43. The van der Waals surface area contributed by atoms with E-state index in [0.717, 1.165) is 50.7 Å². The fourth-order valence-corrected chi connectivity index (χ4v) is 6.05. The maximum Gasteiger partial charge on any atom is 0.232 e. The van der Waals surface area contributed by atoms with Crippen molar-refractivity contribution in [3.8, 4) is 0 Å². The molecule has 2 N–H and O–H groups in total. The first kappa shape index (κ1) is 26.1. The number of morpholine rings is 1. The zero-order valence-electron chi connectivity index (χ0n) is 21.7. The molecule has 3 aliphatic rings. The van der Waals surface area contributed by atoms with Gasteiger partial charge in [-0.25, -0.2) is 4.39 Å². The second-order valence-corrected chi connectivity index (χ2v) is 11.0. The van der Waals surface area contributed by atoms with Crippen LogP contribution in [0.2, 0.25) is 0 Å². The van der Waals surface area contributed by atoms with Gasteiger partial charge in [-0.3, -0.25) is 0 Å². The quantitative estimate of drug-likeness (QED) is 0.509. The highest BCUT2D eigenvalue weighted by Crippen LogP contribution is 2.39. The summed E-state index contributed by atoms with van der Waals surface area (Å²) in [6.07, 6.45) is 10.6. The topological polar surface area (TPSA) is 65.6 Å². The first-order valence-corrected chi connectivity index (χ1v) is 14.3. The molecular weight excluding hydrogens is 487 g/mol. The fraction of sp³-hybridized carbons (Fsp3) is 0.607. The van der Waals surface area contributed by atoms with E-state index in [0.29, 0.717) is 30.8 Å². The predicted molar refractivity (Wildman–Crippen MR) is 151 cm³/mol. The Kier molecular flexibility index (Phi) is 8.71. The van der Waals surface area contributed by atoms with Gasteiger partial charge in [0, 0.05) is 44.2 Å². The molecule has 9 heteroatoms. The smallest absolute Gasteiger partial charge is 0.232 e. The average molecular weight is 527 g/mol. The van der Waals surface area contributed by atoms with Gasteiger partial charge in [-0.2, -0.15) is 9.97 Å². The number of hydrogen-bond donors (Lipinski definition) is 2. The lowest BCUT2D eigenvalue weighted by atomic mass is 9.69. The standard InChI is InChI=1S/C28H39FN6OS/c29-23-10-8-22(9-11-23)28(12-4-3-5-13-28)21-30-27(37)33-26-31-24(34-14-6-1-2-7-15-34)20-25(32-26)35-16-18-36-19-17-35/h8-11,20H,1-7,12-19,21H2,(H2,30,31,32,33,37). The van der Waals surface area contributed by atoms with Crippen LogP contribution < -0.4 is 20.4 Å². The van der Waals surface area contributed by atoms with Gasteiger partial charge in [-0.1, -0.05) is 44.2 Å². The second kappa shape index (κ2) is 12.3. The Morgan fingerprint density at radius 1 is 0.865 bits per heavy atom. The summed E-state index contributed by atoms with van der Waals surface area (Å²) in [4.78, 5) is 14.4. The molecular formula is C28H39FN6OS. The third-order valence-electron chi connectivity index (χ3n) is 8.04. The second-order valence-electron chi connectivity index (χ2n) is 10.6. The minimum Gasteiger partial charge on any atom is -0.378 e. The van der Waals surface area contributed by atoms with Crippen LogP contribution in [0, 0.1) is 5.82 Å². The summed E-state index contributed by atoms with van der Waals surface area (Å²) in [7, 11) is 0. The molecule has 0 bridgehead atoms. The maximum atomic E-state index is 13.6. The lowest BCUT2D eigenvalue weighted by Gasteiger charge is -2.38. The monoisotopic (exact) mass is 526 g/mol. The largest absolute Gasteiger partial charge is 0.378 e. The van der Waals surface area contributed by atoms with Gasteiger partial charge >= 0.3 is 0 Å². The molecule has 2 saturated heterocycles. The SMILES string of the molecule is Fc1ccc(C2(CNC(=S)Nc3nc(N4CCCCCC4)cc(N4CCOCC4)n3)CCCCC2)cc1. The van der Waals surface area contributed by atoms with Crippen LogP contribution >= 0.6 is 12.2 Å². The van der Waals surface area contributed by atoms with E-state index < -0.39 is 0 Å². The Morgan fingerprint density at radius 3 is 2.11 bits per heavy atom. The summed E-state index contributed by atoms with van der Waals surface area (Å²) in [5, 5.41) is 7.27. The number of halogens is 1. The van der Waals surface area contributed by atoms with E-state index in [1.165, 1.54) is 50.5 Å². The van der Waals surface area contributed by atoms with Crippen molar-refractivity contribution >= 4 is 34.9 Å². The van der Waals surface area contributed by atoms with Crippen molar-refractivity contribution in [3.63, 3.8) is 0 Å². The minimum absolute atomic E-state index is 0.0502. The maximum absolute atomic E-state index is 13.6. The molecule has 1 aromatic heterocycles. The van der Waals surface area contributed by atoms with Gasteiger partial charge in [0.25, 0.3) is 0 Å². The summed E-state index contributed by atoms with van der Waals surface area (Å²) in [6, 6.07) is 9.11. The Bertz CT molecular complexity index is 1030. The molecule has 0 amide bonds. The molecule has 2 aromatic rings. The average Bonchev–Trinajstić information content (AvgIpc) is 3.23. The van der Waals surface area contributed by atoms with Crippen LogP contribution in [-0.2, 0) is 10.2 Å². The van der Waals surface area contributed by atoms with Crippen LogP contribution in [0.1, 0.15) is 63.4 Å². The first-order chi connectivity index (χ1) is 18.1. The molecule has 0 radical (unpaired) electrons. The number of hydrogen-bond acceptors (Lipinski definition) is 6. The molecule has 1 saturated carbocycles. The number of aromatic nitrogens is 2. The molecule has 7 nitrogen and oxygen atoms in total. The molecule has 3 fully saturated rings. The van der Waals surface area contributed by atoms with Crippen LogP contribution in [0.5, 0.6) is 0 Å². The highest BCUT2D eigenvalue weighted by atomic mass is 32.1. The summed E-state index contributed by atoms with van der Waals surface area (Å²) in [5.41, 5.74) is 1.13. The number of anilines is 3. The number of thiocarbonyl (C=S) groups is 1. The molecule has 0 unspecified atom stereocenters. The number of ether oxygens (including phenoxy) is 1. The molecule has 37 heavy (non-hydrogen) atoms. The zero-order chi connectivity index (χ0) is 25.5. The van der Waals surface area contributed by atoms with E-state index in [-0.39, 0.29) is 11.2 Å². The van der Waals surface area contributed by atoms with Gasteiger partial charge in [0.05, 0.1) is 13.2 Å². The normalized spacial score (nSPS) is 20.2. The van der Waals surface area contributed by atoms with Crippen molar-refractivity contribution in [2.24, 2.45) is 0 Å².